The quantitative estimate of drug-likeness (QED) is 0.785. The van der Waals surface area contributed by atoms with E-state index in [1.165, 1.54) is 31.3 Å². The maximum atomic E-state index is 11.7. The zero-order chi connectivity index (χ0) is 15.5. The molecule has 22 heavy (non-hydrogen) atoms. The molecule has 0 heterocycles. The molecule has 122 valence electrons. The topological polar surface area (TPSA) is 37.3 Å². The maximum Gasteiger partial charge on any atom is 0.155 e. The lowest BCUT2D eigenvalue weighted by molar-refractivity contribution is -0.122. The number of fused-ring (bicyclic) bond motifs is 5. The van der Waals surface area contributed by atoms with Crippen LogP contribution in [0.1, 0.15) is 71.6 Å². The van der Waals surface area contributed by atoms with Gasteiger partial charge in [0.25, 0.3) is 0 Å². The summed E-state index contributed by atoms with van der Waals surface area (Å²) in [6.07, 6.45) is 11.8. The van der Waals surface area contributed by atoms with Crippen LogP contribution in [0, 0.1) is 29.1 Å². The smallest absolute Gasteiger partial charge is 0.155 e. The number of allylic oxidation sites excluding steroid dienone is 1. The SMILES string of the molecule is CC[C@]1(O)CC[C@@H]2[C@@H]3CCC4=CC(=O)CC[C@@H]4[C@@H]3CC[C@@]21C. The van der Waals surface area contributed by atoms with E-state index in [4.69, 9.17) is 0 Å². The van der Waals surface area contributed by atoms with Crippen LogP contribution in [0.25, 0.3) is 0 Å². The van der Waals surface area contributed by atoms with Gasteiger partial charge < -0.3 is 5.11 Å². The zero-order valence-corrected chi connectivity index (χ0v) is 14.1. The summed E-state index contributed by atoms with van der Waals surface area (Å²) < 4.78 is 0. The van der Waals surface area contributed by atoms with Crippen molar-refractivity contribution in [1.82, 2.24) is 0 Å². The van der Waals surface area contributed by atoms with Crippen LogP contribution in [-0.2, 0) is 4.79 Å². The molecule has 0 unspecified atom stereocenters. The van der Waals surface area contributed by atoms with Crippen LogP contribution >= 0.6 is 0 Å². The number of aliphatic hydroxyl groups is 1. The summed E-state index contributed by atoms with van der Waals surface area (Å²) in [5.41, 5.74) is 1.17. The van der Waals surface area contributed by atoms with E-state index in [1.54, 1.807) is 0 Å². The van der Waals surface area contributed by atoms with Crippen LogP contribution < -0.4 is 0 Å². The third-order valence-electron chi connectivity index (χ3n) is 8.21. The van der Waals surface area contributed by atoms with E-state index in [-0.39, 0.29) is 5.41 Å². The highest BCUT2D eigenvalue weighted by Crippen LogP contribution is 2.65. The van der Waals surface area contributed by atoms with E-state index >= 15 is 0 Å². The summed E-state index contributed by atoms with van der Waals surface area (Å²) in [5, 5.41) is 11.2. The van der Waals surface area contributed by atoms with Gasteiger partial charge >= 0.3 is 0 Å². The Morgan fingerprint density at radius 1 is 1.14 bits per heavy atom. The van der Waals surface area contributed by atoms with E-state index in [1.807, 2.05) is 6.08 Å². The number of hydrogen-bond donors (Lipinski definition) is 1. The van der Waals surface area contributed by atoms with E-state index in [0.29, 0.717) is 17.6 Å². The molecule has 3 fully saturated rings. The summed E-state index contributed by atoms with van der Waals surface area (Å²) in [4.78, 5) is 11.7. The van der Waals surface area contributed by atoms with Gasteiger partial charge in [0.15, 0.2) is 5.78 Å². The molecule has 4 rings (SSSR count). The monoisotopic (exact) mass is 302 g/mol. The van der Waals surface area contributed by atoms with Crippen molar-refractivity contribution in [2.45, 2.75) is 77.2 Å². The molecule has 0 amide bonds. The van der Waals surface area contributed by atoms with Gasteiger partial charge in [-0.2, -0.15) is 0 Å². The Balaban J connectivity index is 1.63. The predicted octanol–water partition coefficient (Wildman–Crippen LogP) is 4.27. The van der Waals surface area contributed by atoms with Crippen molar-refractivity contribution in [2.24, 2.45) is 29.1 Å². The molecular formula is C20H30O2. The van der Waals surface area contributed by atoms with Crippen molar-refractivity contribution in [3.05, 3.63) is 11.6 Å². The number of rotatable bonds is 1. The van der Waals surface area contributed by atoms with Crippen LogP contribution in [0.3, 0.4) is 0 Å². The minimum atomic E-state index is -0.429. The Hall–Kier alpha value is -0.630. The lowest BCUT2D eigenvalue weighted by Crippen LogP contribution is -2.52. The largest absolute Gasteiger partial charge is 0.389 e. The highest BCUT2D eigenvalue weighted by atomic mass is 16.3. The standard InChI is InChI=1S/C20H30O2/c1-3-20(22)11-9-18-17-6-4-13-12-14(21)5-7-15(13)16(17)8-10-19(18,20)2/h12,15-18,22H,3-11H2,1-2H3/t15-,16-,17+,18+,19-,20-/m0/s1. The first-order valence-electron chi connectivity index (χ1n) is 9.44. The summed E-state index contributed by atoms with van der Waals surface area (Å²) in [6, 6.07) is 0. The molecule has 2 nitrogen and oxygen atoms in total. The first-order valence-corrected chi connectivity index (χ1v) is 9.44. The van der Waals surface area contributed by atoms with Crippen LogP contribution in [-0.4, -0.2) is 16.5 Å². The normalized spacial score (nSPS) is 50.9. The highest BCUT2D eigenvalue weighted by Gasteiger charge is 2.61. The van der Waals surface area contributed by atoms with E-state index in [2.05, 4.69) is 13.8 Å². The first-order chi connectivity index (χ1) is 10.5. The van der Waals surface area contributed by atoms with Gasteiger partial charge in [-0.25, -0.2) is 0 Å². The van der Waals surface area contributed by atoms with Crippen LogP contribution in [0.5, 0.6) is 0 Å². The molecule has 0 spiro atoms. The van der Waals surface area contributed by atoms with Gasteiger partial charge in [0.1, 0.15) is 0 Å². The molecule has 6 atom stereocenters. The molecule has 0 saturated heterocycles. The number of carbonyl (C=O) groups excluding carboxylic acids is 1. The fourth-order valence-corrected chi connectivity index (χ4v) is 6.87. The summed E-state index contributed by atoms with van der Waals surface area (Å²) in [7, 11) is 0. The average Bonchev–Trinajstić information content (AvgIpc) is 2.79. The van der Waals surface area contributed by atoms with Gasteiger partial charge in [0.2, 0.25) is 0 Å². The Labute approximate surface area is 134 Å². The van der Waals surface area contributed by atoms with Gasteiger partial charge in [0.05, 0.1) is 5.60 Å². The predicted molar refractivity (Wildman–Crippen MR) is 87.3 cm³/mol. The fourth-order valence-electron chi connectivity index (χ4n) is 6.87. The first kappa shape index (κ1) is 14.9. The summed E-state index contributed by atoms with van der Waals surface area (Å²) >= 11 is 0. The van der Waals surface area contributed by atoms with Crippen molar-refractivity contribution in [3.8, 4) is 0 Å². The van der Waals surface area contributed by atoms with Crippen LogP contribution in [0.2, 0.25) is 0 Å². The Bertz CT molecular complexity index is 522. The number of hydrogen-bond acceptors (Lipinski definition) is 2. The molecule has 3 saturated carbocycles. The van der Waals surface area contributed by atoms with Gasteiger partial charge in [-0.15, -0.1) is 0 Å². The molecule has 0 aromatic heterocycles. The van der Waals surface area contributed by atoms with Crippen LogP contribution in [0.15, 0.2) is 11.6 Å². The molecule has 0 aromatic rings. The molecule has 4 aliphatic rings. The second-order valence-corrected chi connectivity index (χ2v) is 8.68. The molecule has 1 N–H and O–H groups in total. The number of ketones is 1. The van der Waals surface area contributed by atoms with Crippen molar-refractivity contribution < 1.29 is 9.90 Å². The highest BCUT2D eigenvalue weighted by molar-refractivity contribution is 5.91. The van der Waals surface area contributed by atoms with E-state index in [0.717, 1.165) is 43.9 Å². The molecule has 0 aromatic carbocycles. The average molecular weight is 302 g/mol. The Morgan fingerprint density at radius 2 is 1.95 bits per heavy atom. The lowest BCUT2D eigenvalue weighted by Gasteiger charge is -2.55. The summed E-state index contributed by atoms with van der Waals surface area (Å²) in [5.74, 6) is 3.30. The van der Waals surface area contributed by atoms with Crippen molar-refractivity contribution >= 4 is 5.78 Å². The molecule has 4 aliphatic carbocycles. The van der Waals surface area contributed by atoms with Gasteiger partial charge in [-0.1, -0.05) is 19.4 Å². The van der Waals surface area contributed by atoms with E-state index < -0.39 is 5.60 Å². The zero-order valence-electron chi connectivity index (χ0n) is 14.1. The second kappa shape index (κ2) is 4.93. The van der Waals surface area contributed by atoms with Gasteiger partial charge in [0, 0.05) is 6.42 Å². The third-order valence-corrected chi connectivity index (χ3v) is 8.21. The second-order valence-electron chi connectivity index (χ2n) is 8.68. The minimum absolute atomic E-state index is 0.134. The molecule has 2 heteroatoms. The van der Waals surface area contributed by atoms with E-state index in [9.17, 15) is 9.90 Å². The van der Waals surface area contributed by atoms with Gasteiger partial charge in [-0.05, 0) is 86.5 Å². The van der Waals surface area contributed by atoms with Gasteiger partial charge in [-0.3, -0.25) is 4.79 Å². The maximum absolute atomic E-state index is 11.7. The minimum Gasteiger partial charge on any atom is -0.389 e. The Kier molecular flexibility index (Phi) is 3.35. The third kappa shape index (κ3) is 1.85. The molecule has 0 radical (unpaired) electrons. The molecule has 0 aliphatic heterocycles. The summed E-state index contributed by atoms with van der Waals surface area (Å²) in [6.45, 7) is 4.54. The Morgan fingerprint density at radius 3 is 2.73 bits per heavy atom. The van der Waals surface area contributed by atoms with Crippen molar-refractivity contribution in [1.29, 1.82) is 0 Å². The molecular weight excluding hydrogens is 272 g/mol. The fraction of sp³-hybridized carbons (Fsp3) is 0.850. The number of carbonyl (C=O) groups is 1. The van der Waals surface area contributed by atoms with Crippen molar-refractivity contribution in [3.63, 3.8) is 0 Å². The van der Waals surface area contributed by atoms with Crippen LogP contribution in [0.4, 0.5) is 0 Å². The molecule has 0 bridgehead atoms. The lowest BCUT2D eigenvalue weighted by atomic mass is 9.50. The van der Waals surface area contributed by atoms with Crippen molar-refractivity contribution in [2.75, 3.05) is 0 Å².